The number of hydrogen-bond acceptors (Lipinski definition) is 11. The average molecular weight is 460 g/mol. The van der Waals surface area contributed by atoms with Gasteiger partial charge in [0.1, 0.15) is 22.1 Å². The number of hydrazine groups is 1. The van der Waals surface area contributed by atoms with E-state index in [1.165, 1.54) is 50.8 Å². The van der Waals surface area contributed by atoms with Gasteiger partial charge in [0.05, 0.1) is 0 Å². The number of fused-ring (bicyclic) bond motifs is 1. The first kappa shape index (κ1) is 19.9. The van der Waals surface area contributed by atoms with Crippen LogP contribution in [0.4, 0.5) is 0 Å². The van der Waals surface area contributed by atoms with E-state index >= 15 is 0 Å². The molecule has 0 aliphatic carbocycles. The number of carboxylic acid groups (broad SMARTS) is 1. The van der Waals surface area contributed by atoms with Crippen molar-refractivity contribution < 1.29 is 34.1 Å². The summed E-state index contributed by atoms with van der Waals surface area (Å²) < 4.78 is 1.99. The van der Waals surface area contributed by atoms with E-state index in [1.807, 2.05) is 6.92 Å². The van der Waals surface area contributed by atoms with E-state index in [2.05, 4.69) is 31.0 Å². The molecule has 1 fully saturated rings. The maximum absolute atomic E-state index is 12.6. The van der Waals surface area contributed by atoms with Crippen molar-refractivity contribution in [3.05, 3.63) is 16.3 Å². The number of aromatic nitrogens is 2. The molecule has 12 nitrogen and oxygen atoms in total. The van der Waals surface area contributed by atoms with Crippen LogP contribution in [-0.2, 0) is 24.3 Å². The molecule has 1 aromatic heterocycles. The van der Waals surface area contributed by atoms with Gasteiger partial charge in [-0.2, -0.15) is 0 Å². The van der Waals surface area contributed by atoms with Crippen molar-refractivity contribution in [1.29, 1.82) is 0 Å². The minimum absolute atomic E-state index is 0.0191. The molecule has 0 spiro atoms. The zero-order valence-electron chi connectivity index (χ0n) is 14.9. The van der Waals surface area contributed by atoms with Gasteiger partial charge in [0.15, 0.2) is 4.34 Å². The van der Waals surface area contributed by atoms with Crippen molar-refractivity contribution >= 4 is 59.0 Å². The van der Waals surface area contributed by atoms with Crippen molar-refractivity contribution in [3.63, 3.8) is 0 Å². The van der Waals surface area contributed by atoms with Gasteiger partial charge in [0, 0.05) is 11.5 Å². The van der Waals surface area contributed by atoms with E-state index in [0.717, 1.165) is 9.35 Å². The number of β-lactam (4-membered cyclic amide) rings is 1. The van der Waals surface area contributed by atoms with Crippen LogP contribution >= 0.6 is 34.9 Å². The highest BCUT2D eigenvalue weighted by Crippen LogP contribution is 2.41. The third-order valence-electron chi connectivity index (χ3n) is 4.13. The molecule has 1 unspecified atom stereocenters. The Morgan fingerprint density at radius 3 is 3.00 bits per heavy atom. The fourth-order valence-corrected chi connectivity index (χ4v) is 6.19. The summed E-state index contributed by atoms with van der Waals surface area (Å²) in [4.78, 5) is 46.7. The number of amides is 2. The number of thioether (sulfide) groups is 2. The molecule has 3 aliphatic rings. The number of carbonyl (C=O) groups is 3. The van der Waals surface area contributed by atoms with Crippen LogP contribution in [0.25, 0.3) is 0 Å². The second-order valence-corrected chi connectivity index (χ2v) is 9.60. The lowest BCUT2D eigenvalue weighted by atomic mass is 10.0. The minimum Gasteiger partial charge on any atom is -0.477 e. The molecule has 4 rings (SSSR count). The van der Waals surface area contributed by atoms with Gasteiger partial charge in [0.2, 0.25) is 0 Å². The number of hydrazone groups is 1. The fraction of sp³-hybridized carbons (Fsp3) is 0.429. The molecule has 0 aromatic carbocycles. The molecule has 15 heteroatoms. The van der Waals surface area contributed by atoms with Gasteiger partial charge in [-0.3, -0.25) is 14.5 Å². The normalized spacial score (nSPS) is 23.0. The summed E-state index contributed by atoms with van der Waals surface area (Å²) in [6.07, 6.45) is 1.17. The van der Waals surface area contributed by atoms with Crippen molar-refractivity contribution in [1.82, 2.24) is 26.0 Å². The van der Waals surface area contributed by atoms with E-state index < -0.39 is 29.2 Å². The lowest BCUT2D eigenvalue weighted by molar-refractivity contribution is -0.622. The van der Waals surface area contributed by atoms with Crippen molar-refractivity contribution in [2.24, 2.45) is 0 Å². The van der Waals surface area contributed by atoms with Crippen LogP contribution < -0.4 is 10.9 Å². The van der Waals surface area contributed by atoms with E-state index in [-0.39, 0.29) is 12.2 Å². The van der Waals surface area contributed by atoms with Crippen molar-refractivity contribution in [2.75, 3.05) is 18.1 Å². The van der Waals surface area contributed by atoms with E-state index in [1.54, 1.807) is 0 Å². The first-order valence-corrected chi connectivity index (χ1v) is 11.1. The Morgan fingerprint density at radius 2 is 2.34 bits per heavy atom. The smallest absolute Gasteiger partial charge is 0.391 e. The standard InChI is InChI=1S/C14H14N6O6S3/c1-6-16-17-14(29-6)28-4-7-3-27-12-9(11(22)20(12)10(7)13(23)24)15-8(21)2-19-5-25-26-18-19/h5,9,12,18H,2-4H2,1H3,(H-,15,21,23,24)/p+1/t9?,12-/m1/s1. The Kier molecular flexibility index (Phi) is 5.62. The summed E-state index contributed by atoms with van der Waals surface area (Å²) in [6.45, 7) is 1.71. The lowest BCUT2D eigenvalue weighted by Gasteiger charge is -2.49. The highest BCUT2D eigenvalue weighted by Gasteiger charge is 2.54. The number of nitrogens with one attached hydrogen (secondary N) is 2. The Balaban J connectivity index is 1.42. The molecule has 0 radical (unpaired) electrons. The first-order valence-electron chi connectivity index (χ1n) is 8.24. The topological polar surface area (TPSA) is 146 Å². The molecule has 2 atom stereocenters. The van der Waals surface area contributed by atoms with Gasteiger partial charge in [-0.1, -0.05) is 23.1 Å². The average Bonchev–Trinajstić information content (AvgIpc) is 3.35. The van der Waals surface area contributed by atoms with Gasteiger partial charge < -0.3 is 10.4 Å². The summed E-state index contributed by atoms with van der Waals surface area (Å²) in [5, 5.41) is 20.6. The number of aryl methyl sites for hydroxylation is 1. The molecule has 0 saturated carbocycles. The molecule has 154 valence electrons. The number of rotatable bonds is 7. The van der Waals surface area contributed by atoms with Crippen molar-refractivity contribution in [2.45, 2.75) is 22.7 Å². The number of carbonyl (C=O) groups excluding carboxylic acids is 2. The number of nitrogens with zero attached hydrogens (tertiary/aromatic N) is 4. The van der Waals surface area contributed by atoms with Gasteiger partial charge in [-0.15, -0.1) is 22.0 Å². The Bertz CT molecular complexity index is 933. The molecule has 3 N–H and O–H groups in total. The molecule has 3 aliphatic heterocycles. The van der Waals surface area contributed by atoms with Crippen LogP contribution in [0.3, 0.4) is 0 Å². The maximum atomic E-state index is 12.6. The number of aliphatic carboxylic acids is 1. The maximum Gasteiger partial charge on any atom is 0.391 e. The third kappa shape index (κ3) is 4.03. The SMILES string of the molecule is Cc1nnc(SCC2=C(C(=O)O)N3C(=O)C(NC(=O)C[N+]4=COON4)[C@H]3SC2)s1. The summed E-state index contributed by atoms with van der Waals surface area (Å²) in [7, 11) is 0. The largest absolute Gasteiger partial charge is 0.477 e. The van der Waals surface area contributed by atoms with Gasteiger partial charge >= 0.3 is 12.4 Å². The van der Waals surface area contributed by atoms with Crippen LogP contribution in [0.5, 0.6) is 0 Å². The molecule has 0 bridgehead atoms. The lowest BCUT2D eigenvalue weighted by Crippen LogP contribution is -2.71. The fourth-order valence-electron chi connectivity index (χ4n) is 2.89. The molecule has 29 heavy (non-hydrogen) atoms. The highest BCUT2D eigenvalue weighted by molar-refractivity contribution is 8.01. The molecule has 4 heterocycles. The third-order valence-corrected chi connectivity index (χ3v) is 7.53. The zero-order chi connectivity index (χ0) is 20.5. The Labute approximate surface area is 176 Å². The zero-order valence-corrected chi connectivity index (χ0v) is 17.3. The molecule has 2 amide bonds. The van der Waals surface area contributed by atoms with Gasteiger partial charge in [-0.25, -0.2) is 9.68 Å². The predicted molar refractivity (Wildman–Crippen MR) is 102 cm³/mol. The second kappa shape index (κ2) is 8.17. The van der Waals surface area contributed by atoms with Crippen LogP contribution in [0, 0.1) is 6.92 Å². The van der Waals surface area contributed by atoms with Crippen LogP contribution in [0.15, 0.2) is 15.6 Å². The number of carboxylic acids is 1. The Morgan fingerprint density at radius 1 is 1.52 bits per heavy atom. The van der Waals surface area contributed by atoms with Crippen LogP contribution in [-0.4, -0.2) is 78.5 Å². The van der Waals surface area contributed by atoms with E-state index in [0.29, 0.717) is 17.1 Å². The molecule has 1 saturated heterocycles. The van der Waals surface area contributed by atoms with E-state index in [9.17, 15) is 19.5 Å². The van der Waals surface area contributed by atoms with Gasteiger partial charge in [0.25, 0.3) is 18.4 Å². The first-order chi connectivity index (χ1) is 13.9. The summed E-state index contributed by atoms with van der Waals surface area (Å²) in [6, 6.07) is -0.786. The van der Waals surface area contributed by atoms with Crippen LogP contribution in [0.1, 0.15) is 5.01 Å². The molecule has 1 aromatic rings. The summed E-state index contributed by atoms with van der Waals surface area (Å²) in [5.74, 6) is -1.21. The predicted octanol–water partition coefficient (Wildman–Crippen LogP) is -0.901. The summed E-state index contributed by atoms with van der Waals surface area (Å²) >= 11 is 4.23. The Hall–Kier alpha value is -2.36. The van der Waals surface area contributed by atoms with Gasteiger partial charge in [-0.05, 0) is 27.8 Å². The second-order valence-electron chi connectivity index (χ2n) is 6.09. The summed E-state index contributed by atoms with van der Waals surface area (Å²) in [5.41, 5.74) is 2.94. The molecular weight excluding hydrogens is 444 g/mol. The minimum atomic E-state index is -1.16. The molecular formula is C14H15N6O6S3+. The monoisotopic (exact) mass is 459 g/mol. The number of hydrogen-bond donors (Lipinski definition) is 3. The highest BCUT2D eigenvalue weighted by atomic mass is 32.2. The van der Waals surface area contributed by atoms with Crippen LogP contribution in [0.2, 0.25) is 0 Å². The quantitative estimate of drug-likeness (QED) is 0.202. The van der Waals surface area contributed by atoms with Crippen molar-refractivity contribution in [3.8, 4) is 0 Å². The van der Waals surface area contributed by atoms with E-state index in [4.69, 9.17) is 0 Å².